The first-order valence-electron chi connectivity index (χ1n) is 4.18. The highest BCUT2D eigenvalue weighted by Gasteiger charge is 2.15. The molecule has 3 heteroatoms. The van der Waals surface area contributed by atoms with E-state index >= 15 is 0 Å². The van der Waals surface area contributed by atoms with E-state index in [0.717, 1.165) is 12.8 Å². The van der Waals surface area contributed by atoms with Gasteiger partial charge in [-0.15, -0.1) is 0 Å². The molecule has 0 bridgehead atoms. The molecule has 0 aromatic carbocycles. The molecule has 1 saturated carbocycles. The maximum Gasteiger partial charge on any atom is 0.233 e. The molecule has 0 saturated heterocycles. The lowest BCUT2D eigenvalue weighted by atomic mass is 9.98. The van der Waals surface area contributed by atoms with Crippen LogP contribution in [-0.2, 0) is 9.63 Å². The van der Waals surface area contributed by atoms with Gasteiger partial charge < -0.3 is 0 Å². The maximum atomic E-state index is 10.2. The Morgan fingerprint density at radius 3 is 2.55 bits per heavy atom. The second-order valence-electron chi connectivity index (χ2n) is 3.02. The fraction of sp³-hybridized carbons (Fsp3) is 0.875. The molecule has 0 heterocycles. The van der Waals surface area contributed by atoms with Gasteiger partial charge in [0.2, 0.25) is 6.41 Å². The fourth-order valence-corrected chi connectivity index (χ4v) is 1.43. The lowest BCUT2D eigenvalue weighted by Gasteiger charge is -2.24. The van der Waals surface area contributed by atoms with Crippen LogP contribution in [0.25, 0.3) is 0 Å². The largest absolute Gasteiger partial charge is 0.276 e. The minimum atomic E-state index is 0.277. The molecule has 0 N–H and O–H groups in total. The van der Waals surface area contributed by atoms with Crippen molar-refractivity contribution in [3.05, 3.63) is 0 Å². The molecule has 0 unspecified atom stereocenters. The summed E-state index contributed by atoms with van der Waals surface area (Å²) in [4.78, 5) is 15.5. The average molecular weight is 157 g/mol. The lowest BCUT2D eigenvalue weighted by Crippen LogP contribution is -2.26. The van der Waals surface area contributed by atoms with Gasteiger partial charge in [0.05, 0.1) is 6.10 Å². The normalized spacial score (nSPS) is 19.7. The van der Waals surface area contributed by atoms with E-state index in [2.05, 4.69) is 0 Å². The molecule has 1 rings (SSSR count). The molecule has 1 amide bonds. The minimum Gasteiger partial charge on any atom is -0.276 e. The number of rotatable bonds is 3. The van der Waals surface area contributed by atoms with Crippen LogP contribution in [0, 0.1) is 0 Å². The van der Waals surface area contributed by atoms with E-state index < -0.39 is 0 Å². The summed E-state index contributed by atoms with van der Waals surface area (Å²) < 4.78 is 0. The molecular weight excluding hydrogens is 142 g/mol. The van der Waals surface area contributed by atoms with Crippen LogP contribution in [0.15, 0.2) is 0 Å². The van der Waals surface area contributed by atoms with Crippen molar-refractivity contribution in [1.82, 2.24) is 5.06 Å². The number of amides is 1. The zero-order valence-electron chi connectivity index (χ0n) is 6.95. The SMILES string of the molecule is CN(C=O)OC1CCCCC1. The Kier molecular flexibility index (Phi) is 3.36. The monoisotopic (exact) mass is 157 g/mol. The molecule has 3 nitrogen and oxygen atoms in total. The van der Waals surface area contributed by atoms with Gasteiger partial charge >= 0.3 is 0 Å². The molecule has 64 valence electrons. The Hall–Kier alpha value is -0.570. The number of nitrogens with zero attached hydrogens (tertiary/aromatic N) is 1. The van der Waals surface area contributed by atoms with Gasteiger partial charge in [-0.05, 0) is 12.8 Å². The third-order valence-corrected chi connectivity index (χ3v) is 2.02. The van der Waals surface area contributed by atoms with E-state index in [1.54, 1.807) is 7.05 Å². The first-order valence-corrected chi connectivity index (χ1v) is 4.18. The Morgan fingerprint density at radius 2 is 2.00 bits per heavy atom. The van der Waals surface area contributed by atoms with E-state index in [9.17, 15) is 4.79 Å². The quantitative estimate of drug-likeness (QED) is 0.457. The number of hydrogen-bond donors (Lipinski definition) is 0. The lowest BCUT2D eigenvalue weighted by molar-refractivity contribution is -0.188. The van der Waals surface area contributed by atoms with Crippen LogP contribution in [0.3, 0.4) is 0 Å². The van der Waals surface area contributed by atoms with Crippen LogP contribution in [0.1, 0.15) is 32.1 Å². The number of carbonyl (C=O) groups is 1. The molecular formula is C8H15NO2. The van der Waals surface area contributed by atoms with Gasteiger partial charge in [0, 0.05) is 7.05 Å². The summed E-state index contributed by atoms with van der Waals surface area (Å²) in [6.07, 6.45) is 6.95. The highest BCUT2D eigenvalue weighted by Crippen LogP contribution is 2.20. The zero-order valence-corrected chi connectivity index (χ0v) is 6.95. The van der Waals surface area contributed by atoms with E-state index in [1.165, 1.54) is 24.3 Å². The van der Waals surface area contributed by atoms with Gasteiger partial charge in [-0.25, -0.2) is 5.06 Å². The predicted octanol–water partition coefficient (Wildman–Crippen LogP) is 1.34. The maximum absolute atomic E-state index is 10.2. The van der Waals surface area contributed by atoms with E-state index in [-0.39, 0.29) is 6.10 Å². The fourth-order valence-electron chi connectivity index (χ4n) is 1.43. The van der Waals surface area contributed by atoms with Crippen LogP contribution in [-0.4, -0.2) is 24.6 Å². The average Bonchev–Trinajstić information content (AvgIpc) is 2.06. The van der Waals surface area contributed by atoms with Crippen LogP contribution in [0.2, 0.25) is 0 Å². The predicted molar refractivity (Wildman–Crippen MR) is 41.8 cm³/mol. The zero-order chi connectivity index (χ0) is 8.10. The molecule has 1 fully saturated rings. The summed E-state index contributed by atoms with van der Waals surface area (Å²) in [6.45, 7) is 0. The van der Waals surface area contributed by atoms with Crippen LogP contribution < -0.4 is 0 Å². The molecule has 1 aliphatic rings. The standard InChI is InChI=1S/C8H15NO2/c1-9(7-10)11-8-5-3-2-4-6-8/h7-8H,2-6H2,1H3. The Labute approximate surface area is 67.3 Å². The van der Waals surface area contributed by atoms with Crippen LogP contribution >= 0.6 is 0 Å². The summed E-state index contributed by atoms with van der Waals surface area (Å²) in [5.41, 5.74) is 0. The van der Waals surface area contributed by atoms with Gasteiger partial charge in [0.25, 0.3) is 0 Å². The summed E-state index contributed by atoms with van der Waals surface area (Å²) in [5.74, 6) is 0. The summed E-state index contributed by atoms with van der Waals surface area (Å²) in [7, 11) is 1.64. The number of hydrogen-bond acceptors (Lipinski definition) is 2. The van der Waals surface area contributed by atoms with Crippen molar-refractivity contribution in [3.8, 4) is 0 Å². The molecule has 0 aliphatic heterocycles. The molecule has 0 aromatic rings. The number of carbonyl (C=O) groups excluding carboxylic acids is 1. The minimum absolute atomic E-state index is 0.277. The molecule has 0 spiro atoms. The van der Waals surface area contributed by atoms with Gasteiger partial charge in [0.1, 0.15) is 0 Å². The van der Waals surface area contributed by atoms with Crippen molar-refractivity contribution >= 4 is 6.41 Å². The summed E-state index contributed by atoms with van der Waals surface area (Å²) in [5, 5.41) is 1.26. The topological polar surface area (TPSA) is 29.5 Å². The number of hydroxylamine groups is 2. The van der Waals surface area contributed by atoms with Crippen molar-refractivity contribution < 1.29 is 9.63 Å². The van der Waals surface area contributed by atoms with Gasteiger partial charge in [-0.1, -0.05) is 19.3 Å². The van der Waals surface area contributed by atoms with Crippen molar-refractivity contribution in [3.63, 3.8) is 0 Å². The molecule has 0 aromatic heterocycles. The van der Waals surface area contributed by atoms with Crippen molar-refractivity contribution in [2.75, 3.05) is 7.05 Å². The van der Waals surface area contributed by atoms with Crippen molar-refractivity contribution in [2.45, 2.75) is 38.2 Å². The molecule has 0 atom stereocenters. The Morgan fingerprint density at radius 1 is 1.36 bits per heavy atom. The Balaban J connectivity index is 2.18. The van der Waals surface area contributed by atoms with E-state index in [4.69, 9.17) is 4.84 Å². The molecule has 11 heavy (non-hydrogen) atoms. The van der Waals surface area contributed by atoms with Gasteiger partial charge in [0.15, 0.2) is 0 Å². The molecule has 0 radical (unpaired) electrons. The van der Waals surface area contributed by atoms with Crippen molar-refractivity contribution in [2.24, 2.45) is 0 Å². The third-order valence-electron chi connectivity index (χ3n) is 2.02. The first-order chi connectivity index (χ1) is 5.33. The Bertz CT molecular complexity index is 121. The second kappa shape index (κ2) is 4.34. The van der Waals surface area contributed by atoms with Crippen LogP contribution in [0.5, 0.6) is 0 Å². The van der Waals surface area contributed by atoms with E-state index in [1.807, 2.05) is 0 Å². The van der Waals surface area contributed by atoms with E-state index in [0.29, 0.717) is 6.41 Å². The highest BCUT2D eigenvalue weighted by atomic mass is 16.7. The summed E-state index contributed by atoms with van der Waals surface area (Å²) >= 11 is 0. The molecule has 1 aliphatic carbocycles. The first kappa shape index (κ1) is 8.53. The summed E-state index contributed by atoms with van der Waals surface area (Å²) in [6, 6.07) is 0. The van der Waals surface area contributed by atoms with Crippen molar-refractivity contribution in [1.29, 1.82) is 0 Å². The third kappa shape index (κ3) is 2.89. The van der Waals surface area contributed by atoms with Gasteiger partial charge in [-0.3, -0.25) is 9.63 Å². The second-order valence-corrected chi connectivity index (χ2v) is 3.02. The highest BCUT2D eigenvalue weighted by molar-refractivity contribution is 5.44. The van der Waals surface area contributed by atoms with Gasteiger partial charge in [-0.2, -0.15) is 0 Å². The smallest absolute Gasteiger partial charge is 0.233 e. The van der Waals surface area contributed by atoms with Crippen LogP contribution in [0.4, 0.5) is 0 Å².